The van der Waals surface area contributed by atoms with Gasteiger partial charge in [-0.3, -0.25) is 15.0 Å². The number of phenols is 1. The zero-order valence-electron chi connectivity index (χ0n) is 20.2. The van der Waals surface area contributed by atoms with Crippen molar-refractivity contribution in [2.24, 2.45) is 0 Å². The summed E-state index contributed by atoms with van der Waals surface area (Å²) in [6.45, 7) is 1.48. The number of methoxy groups -OCH3 is 3. The molecule has 0 saturated carbocycles. The first-order valence-electron chi connectivity index (χ1n) is 10.8. The van der Waals surface area contributed by atoms with Crippen molar-refractivity contribution < 1.29 is 38.8 Å². The van der Waals surface area contributed by atoms with E-state index in [9.17, 15) is 24.6 Å². The van der Waals surface area contributed by atoms with Gasteiger partial charge in [0.15, 0.2) is 29.1 Å². The number of Topliss-reactive ketones (excluding diaryl/α,β-unsaturated/α-hetero) is 2. The third-order valence-electron chi connectivity index (χ3n) is 6.07. The number of phenolic OH excluding ortho intramolecular Hbond substituents is 1. The fourth-order valence-corrected chi connectivity index (χ4v) is 4.26. The van der Waals surface area contributed by atoms with Gasteiger partial charge in [0.25, 0.3) is 0 Å². The molecule has 1 atom stereocenters. The van der Waals surface area contributed by atoms with E-state index in [0.29, 0.717) is 0 Å². The second-order valence-electron chi connectivity index (χ2n) is 8.04. The lowest BCUT2D eigenvalue weighted by Crippen LogP contribution is -2.42. The Balaban J connectivity index is 2.00. The molecule has 2 heterocycles. The number of nitrogens with one attached hydrogen (secondary N) is 1. The Bertz CT molecular complexity index is 1520. The van der Waals surface area contributed by atoms with Gasteiger partial charge < -0.3 is 30.2 Å². The molecule has 4 rings (SSSR count). The second kappa shape index (κ2) is 9.32. The first-order chi connectivity index (χ1) is 17.6. The minimum atomic E-state index is -1.37. The van der Waals surface area contributed by atoms with Gasteiger partial charge in [-0.25, -0.2) is 14.8 Å². The summed E-state index contributed by atoms with van der Waals surface area (Å²) < 4.78 is 15.4. The maximum atomic E-state index is 12.8. The SMILES string of the molecule is COc1ccc(-c2c(C)c(C(=O)O)nc(-c3ccc4c(n3)C(=O)C(=N)[C@H](OC)C4=O)c2N)c(O)c1OC. The van der Waals surface area contributed by atoms with Crippen LogP contribution in [-0.4, -0.2) is 70.9 Å². The molecular weight excluding hydrogens is 484 g/mol. The fraction of sp³-hybridized carbons (Fsp3) is 0.200. The number of carboxylic acids is 1. The summed E-state index contributed by atoms with van der Waals surface area (Å²) in [5.41, 5.74) is 5.48. The molecule has 0 amide bonds. The highest BCUT2D eigenvalue weighted by molar-refractivity contribution is 6.53. The number of benzene rings is 1. The van der Waals surface area contributed by atoms with Gasteiger partial charge in [-0.2, -0.15) is 0 Å². The molecule has 0 fully saturated rings. The number of rotatable bonds is 6. The number of aromatic hydroxyl groups is 1. The van der Waals surface area contributed by atoms with Crippen LogP contribution < -0.4 is 15.2 Å². The van der Waals surface area contributed by atoms with E-state index in [2.05, 4.69) is 9.97 Å². The fourth-order valence-electron chi connectivity index (χ4n) is 4.26. The molecule has 0 bridgehead atoms. The molecule has 5 N–H and O–H groups in total. The number of carbonyl (C=O) groups is 3. The molecule has 0 saturated heterocycles. The standard InChI is InChI=1S/C25H22N4O8/c1-9-14(10-6-8-13(35-2)23(36-3)20(10)30)15(26)19(29-17(9)25(33)34)12-7-5-11-18(28-12)22(32)16(27)24(37-4)21(11)31/h5-8,24,27,30H,26H2,1-4H3,(H,33,34)/t24-/m0/s1. The Morgan fingerprint density at radius 2 is 1.70 bits per heavy atom. The van der Waals surface area contributed by atoms with Gasteiger partial charge in [-0.1, -0.05) is 0 Å². The van der Waals surface area contributed by atoms with Crippen LogP contribution in [-0.2, 0) is 4.74 Å². The number of fused-ring (bicyclic) bond motifs is 1. The van der Waals surface area contributed by atoms with Crippen LogP contribution in [0, 0.1) is 12.3 Å². The summed E-state index contributed by atoms with van der Waals surface area (Å²) >= 11 is 0. The molecular formula is C25H22N4O8. The summed E-state index contributed by atoms with van der Waals surface area (Å²) in [4.78, 5) is 45.9. The molecule has 37 heavy (non-hydrogen) atoms. The van der Waals surface area contributed by atoms with Crippen molar-refractivity contribution in [3.63, 3.8) is 0 Å². The number of carbonyl (C=O) groups excluding carboxylic acids is 2. The Morgan fingerprint density at radius 1 is 1.03 bits per heavy atom. The van der Waals surface area contributed by atoms with Crippen molar-refractivity contribution in [3.8, 4) is 39.8 Å². The van der Waals surface area contributed by atoms with Gasteiger partial charge >= 0.3 is 5.97 Å². The Hall–Kier alpha value is -4.84. The highest BCUT2D eigenvalue weighted by Crippen LogP contribution is 2.47. The van der Waals surface area contributed by atoms with Crippen LogP contribution in [0.3, 0.4) is 0 Å². The number of anilines is 1. The summed E-state index contributed by atoms with van der Waals surface area (Å²) in [5.74, 6) is -2.88. The second-order valence-corrected chi connectivity index (χ2v) is 8.04. The lowest BCUT2D eigenvalue weighted by atomic mass is 9.89. The Labute approximate surface area is 210 Å². The number of carboxylic acid groups (broad SMARTS) is 1. The van der Waals surface area contributed by atoms with Crippen LogP contribution in [0.4, 0.5) is 5.69 Å². The first kappa shape index (κ1) is 25.3. The molecule has 12 nitrogen and oxygen atoms in total. The summed E-state index contributed by atoms with van der Waals surface area (Å²) in [6, 6.07) is 5.70. The average Bonchev–Trinajstić information content (AvgIpc) is 2.88. The Morgan fingerprint density at radius 3 is 2.30 bits per heavy atom. The molecule has 3 aromatic rings. The summed E-state index contributed by atoms with van der Waals surface area (Å²) in [5, 5.41) is 28.8. The predicted octanol–water partition coefficient (Wildman–Crippen LogP) is 2.54. The van der Waals surface area contributed by atoms with Gasteiger partial charge in [0.2, 0.25) is 11.5 Å². The number of aromatic carboxylic acids is 1. The van der Waals surface area contributed by atoms with Gasteiger partial charge in [0, 0.05) is 18.2 Å². The zero-order chi connectivity index (χ0) is 27.2. The molecule has 0 aliphatic heterocycles. The predicted molar refractivity (Wildman–Crippen MR) is 131 cm³/mol. The summed E-state index contributed by atoms with van der Waals surface area (Å²) in [6.07, 6.45) is -1.34. The van der Waals surface area contributed by atoms with E-state index in [1.54, 1.807) is 0 Å². The highest BCUT2D eigenvalue weighted by Gasteiger charge is 2.39. The molecule has 1 aliphatic carbocycles. The smallest absolute Gasteiger partial charge is 0.354 e. The average molecular weight is 506 g/mol. The topological polar surface area (TPSA) is 195 Å². The zero-order valence-corrected chi connectivity index (χ0v) is 20.2. The molecule has 190 valence electrons. The minimum absolute atomic E-state index is 0.00946. The molecule has 2 aromatic heterocycles. The van der Waals surface area contributed by atoms with E-state index >= 15 is 0 Å². The normalized spacial score (nSPS) is 14.9. The van der Waals surface area contributed by atoms with Crippen molar-refractivity contribution in [2.45, 2.75) is 13.0 Å². The quantitative estimate of drug-likeness (QED) is 0.383. The number of hydrogen-bond donors (Lipinski definition) is 4. The van der Waals surface area contributed by atoms with Crippen molar-refractivity contribution in [1.82, 2.24) is 9.97 Å². The number of pyridine rings is 2. The van der Waals surface area contributed by atoms with E-state index in [1.807, 2.05) is 0 Å². The van der Waals surface area contributed by atoms with Crippen LogP contribution >= 0.6 is 0 Å². The van der Waals surface area contributed by atoms with Crippen molar-refractivity contribution in [3.05, 3.63) is 46.8 Å². The number of nitrogens with zero attached hydrogens (tertiary/aromatic N) is 2. The van der Waals surface area contributed by atoms with E-state index in [1.165, 1.54) is 52.5 Å². The molecule has 0 unspecified atom stereocenters. The highest BCUT2D eigenvalue weighted by atomic mass is 16.5. The number of nitrogen functional groups attached to an aromatic ring is 1. The minimum Gasteiger partial charge on any atom is -0.504 e. The molecule has 1 aliphatic rings. The van der Waals surface area contributed by atoms with E-state index < -0.39 is 29.4 Å². The molecule has 0 spiro atoms. The number of nitrogens with two attached hydrogens (primary N) is 1. The summed E-state index contributed by atoms with van der Waals surface area (Å²) in [7, 11) is 3.94. The van der Waals surface area contributed by atoms with Crippen LogP contribution in [0.2, 0.25) is 0 Å². The van der Waals surface area contributed by atoms with Crippen molar-refractivity contribution in [2.75, 3.05) is 27.1 Å². The van der Waals surface area contributed by atoms with E-state index in [4.69, 9.17) is 25.4 Å². The Kier molecular flexibility index (Phi) is 6.36. The van der Waals surface area contributed by atoms with E-state index in [0.717, 1.165) is 0 Å². The van der Waals surface area contributed by atoms with Crippen LogP contribution in [0.15, 0.2) is 24.3 Å². The third kappa shape index (κ3) is 3.83. The van der Waals surface area contributed by atoms with Crippen LogP contribution in [0.5, 0.6) is 17.2 Å². The first-order valence-corrected chi connectivity index (χ1v) is 10.8. The third-order valence-corrected chi connectivity index (χ3v) is 6.07. The van der Waals surface area contributed by atoms with Gasteiger partial charge in [0.05, 0.1) is 31.2 Å². The monoisotopic (exact) mass is 506 g/mol. The van der Waals surface area contributed by atoms with Gasteiger partial charge in [0.1, 0.15) is 17.1 Å². The number of aromatic nitrogens is 2. The number of ketones is 2. The maximum absolute atomic E-state index is 12.8. The lowest BCUT2D eigenvalue weighted by molar-refractivity contribution is 0.0689. The largest absolute Gasteiger partial charge is 0.504 e. The van der Waals surface area contributed by atoms with Crippen molar-refractivity contribution in [1.29, 1.82) is 5.41 Å². The van der Waals surface area contributed by atoms with Crippen LogP contribution in [0.1, 0.15) is 36.9 Å². The molecule has 1 aromatic carbocycles. The van der Waals surface area contributed by atoms with Crippen LogP contribution in [0.25, 0.3) is 22.5 Å². The maximum Gasteiger partial charge on any atom is 0.354 e. The van der Waals surface area contributed by atoms with Crippen molar-refractivity contribution >= 4 is 28.9 Å². The van der Waals surface area contributed by atoms with E-state index in [-0.39, 0.29) is 68.0 Å². The lowest BCUT2D eigenvalue weighted by Gasteiger charge is -2.22. The number of ether oxygens (including phenoxy) is 3. The number of hydrogen-bond acceptors (Lipinski definition) is 11. The van der Waals surface area contributed by atoms with Gasteiger partial charge in [-0.05, 0) is 36.8 Å². The van der Waals surface area contributed by atoms with Gasteiger partial charge in [-0.15, -0.1) is 0 Å². The molecule has 0 radical (unpaired) electrons. The molecule has 12 heteroatoms.